The van der Waals surface area contributed by atoms with Gasteiger partial charge in [-0.2, -0.15) is 0 Å². The molecule has 0 unspecified atom stereocenters. The average molecular weight is 399 g/mol. The van der Waals surface area contributed by atoms with E-state index in [9.17, 15) is 10.1 Å². The van der Waals surface area contributed by atoms with Crippen LogP contribution in [0.3, 0.4) is 0 Å². The summed E-state index contributed by atoms with van der Waals surface area (Å²) in [5.74, 6) is 0. The van der Waals surface area contributed by atoms with E-state index in [1.54, 1.807) is 12.1 Å². The van der Waals surface area contributed by atoms with Crippen molar-refractivity contribution in [2.45, 2.75) is 83.8 Å². The summed E-state index contributed by atoms with van der Waals surface area (Å²) in [5.41, 5.74) is 5.68. The highest BCUT2D eigenvalue weighted by Crippen LogP contribution is 2.46. The van der Waals surface area contributed by atoms with E-state index >= 15 is 0 Å². The first-order valence-corrected chi connectivity index (χ1v) is 12.9. The third-order valence-corrected chi connectivity index (χ3v) is 13.6. The highest BCUT2D eigenvalue weighted by atomic mass is 28.3. The minimum atomic E-state index is -1.94. The lowest BCUT2D eigenvalue weighted by atomic mass is 9.93. The molecule has 0 bridgehead atoms. The Kier molecular flexibility index (Phi) is 5.85. The summed E-state index contributed by atoms with van der Waals surface area (Å²) < 4.78 is 2.59. The summed E-state index contributed by atoms with van der Waals surface area (Å²) in [6.45, 7) is 14.2. The zero-order chi connectivity index (χ0) is 20.6. The minimum absolute atomic E-state index is 0.189. The van der Waals surface area contributed by atoms with Crippen LogP contribution in [0, 0.1) is 10.1 Å². The Morgan fingerprint density at radius 1 is 1.04 bits per heavy atom. The molecular formula is C23H34N2O2Si. The Hall–Kier alpha value is -1.88. The van der Waals surface area contributed by atoms with Crippen LogP contribution in [0.25, 0.3) is 16.5 Å². The Morgan fingerprint density at radius 2 is 1.68 bits per heavy atom. The lowest BCUT2D eigenvalue weighted by Gasteiger charge is -2.44. The van der Waals surface area contributed by atoms with Crippen molar-refractivity contribution >= 4 is 30.4 Å². The molecule has 1 aromatic carbocycles. The van der Waals surface area contributed by atoms with E-state index in [-0.39, 0.29) is 10.6 Å². The van der Waals surface area contributed by atoms with E-state index in [0.29, 0.717) is 16.6 Å². The summed E-state index contributed by atoms with van der Waals surface area (Å²) in [6, 6.07) is 5.48. The maximum absolute atomic E-state index is 11.5. The molecular weight excluding hydrogens is 364 g/mol. The number of hydrogen-bond acceptors (Lipinski definition) is 2. The van der Waals surface area contributed by atoms with Crippen molar-refractivity contribution in [3.05, 3.63) is 46.1 Å². The van der Waals surface area contributed by atoms with E-state index in [0.717, 1.165) is 18.2 Å². The van der Waals surface area contributed by atoms with Crippen LogP contribution in [-0.2, 0) is 0 Å². The van der Waals surface area contributed by atoms with Gasteiger partial charge >= 0.3 is 0 Å². The third-order valence-electron chi connectivity index (χ3n) is 6.83. The standard InChI is InChI=1S/C23H34N2O2Si/c1-16(2)28(17(3)4,18(5)6)24-15-22(19-10-8-7-9-11-19)21-14-20(25(26)27)12-13-23(21)24/h10,12-18H,7-9,11H2,1-6H3. The van der Waals surface area contributed by atoms with E-state index < -0.39 is 8.24 Å². The number of benzene rings is 1. The van der Waals surface area contributed by atoms with Gasteiger partial charge in [0.2, 0.25) is 0 Å². The van der Waals surface area contributed by atoms with Gasteiger partial charge in [0.05, 0.1) is 4.92 Å². The van der Waals surface area contributed by atoms with Crippen LogP contribution < -0.4 is 0 Å². The molecule has 152 valence electrons. The van der Waals surface area contributed by atoms with Gasteiger partial charge in [-0.05, 0) is 53.9 Å². The van der Waals surface area contributed by atoms with Crippen LogP contribution in [0.5, 0.6) is 0 Å². The molecule has 0 aliphatic heterocycles. The zero-order valence-electron chi connectivity index (χ0n) is 18.2. The number of nitrogens with zero attached hydrogens (tertiary/aromatic N) is 2. The highest BCUT2D eigenvalue weighted by molar-refractivity contribution is 6.82. The fraction of sp³-hybridized carbons (Fsp3) is 0.565. The third kappa shape index (κ3) is 3.24. The Balaban J connectivity index is 2.37. The van der Waals surface area contributed by atoms with Crippen molar-refractivity contribution in [1.82, 2.24) is 4.23 Å². The Labute approximate surface area is 169 Å². The van der Waals surface area contributed by atoms with Crippen molar-refractivity contribution in [3.63, 3.8) is 0 Å². The molecule has 1 heterocycles. The Morgan fingerprint density at radius 3 is 2.18 bits per heavy atom. The van der Waals surface area contributed by atoms with E-state index in [1.165, 1.54) is 29.5 Å². The second-order valence-corrected chi connectivity index (χ2v) is 14.9. The number of aromatic nitrogens is 1. The monoisotopic (exact) mass is 398 g/mol. The van der Waals surface area contributed by atoms with Gasteiger partial charge in [-0.3, -0.25) is 10.1 Å². The van der Waals surface area contributed by atoms with Crippen LogP contribution >= 0.6 is 0 Å². The predicted molar refractivity (Wildman–Crippen MR) is 121 cm³/mol. The van der Waals surface area contributed by atoms with E-state index in [1.807, 2.05) is 6.07 Å². The lowest BCUT2D eigenvalue weighted by molar-refractivity contribution is -0.384. The van der Waals surface area contributed by atoms with Gasteiger partial charge in [-0.1, -0.05) is 47.6 Å². The van der Waals surface area contributed by atoms with Crippen LogP contribution in [0.15, 0.2) is 30.5 Å². The van der Waals surface area contributed by atoms with Gasteiger partial charge in [-0.25, -0.2) is 0 Å². The summed E-state index contributed by atoms with van der Waals surface area (Å²) >= 11 is 0. The topological polar surface area (TPSA) is 48.1 Å². The van der Waals surface area contributed by atoms with Crippen molar-refractivity contribution < 1.29 is 4.92 Å². The predicted octanol–water partition coefficient (Wildman–Crippen LogP) is 7.53. The minimum Gasteiger partial charge on any atom is -0.373 e. The van der Waals surface area contributed by atoms with Crippen LogP contribution in [0.4, 0.5) is 5.69 Å². The summed E-state index contributed by atoms with van der Waals surface area (Å²) in [7, 11) is -1.94. The molecule has 0 saturated heterocycles. The summed E-state index contributed by atoms with van der Waals surface area (Å²) in [5, 5.41) is 12.5. The van der Waals surface area contributed by atoms with Gasteiger partial charge in [0, 0.05) is 34.8 Å². The van der Waals surface area contributed by atoms with Crippen LogP contribution in [-0.4, -0.2) is 17.4 Å². The molecule has 0 saturated carbocycles. The number of allylic oxidation sites excluding steroid dienone is 2. The zero-order valence-corrected chi connectivity index (χ0v) is 19.2. The molecule has 1 aliphatic rings. The van der Waals surface area contributed by atoms with Crippen molar-refractivity contribution in [3.8, 4) is 0 Å². The van der Waals surface area contributed by atoms with Crippen LogP contribution in [0.1, 0.15) is 72.8 Å². The van der Waals surface area contributed by atoms with Crippen molar-refractivity contribution in [2.75, 3.05) is 0 Å². The van der Waals surface area contributed by atoms with E-state index in [4.69, 9.17) is 0 Å². The smallest absolute Gasteiger partial charge is 0.270 e. The number of fused-ring (bicyclic) bond motifs is 1. The number of non-ortho nitro benzene ring substituents is 1. The van der Waals surface area contributed by atoms with Crippen molar-refractivity contribution in [2.24, 2.45) is 0 Å². The molecule has 0 spiro atoms. The normalized spacial score (nSPS) is 15.7. The summed E-state index contributed by atoms with van der Waals surface area (Å²) in [6.07, 6.45) is 9.33. The van der Waals surface area contributed by atoms with Gasteiger partial charge in [-0.15, -0.1) is 0 Å². The van der Waals surface area contributed by atoms with Crippen LogP contribution in [0.2, 0.25) is 16.6 Å². The number of nitro benzene ring substituents is 1. The van der Waals surface area contributed by atoms with Crippen molar-refractivity contribution in [1.29, 1.82) is 0 Å². The maximum Gasteiger partial charge on any atom is 0.270 e. The van der Waals surface area contributed by atoms with E-state index in [2.05, 4.69) is 58.0 Å². The lowest BCUT2D eigenvalue weighted by Crippen LogP contribution is -2.51. The molecule has 1 aliphatic carbocycles. The Bertz CT molecular complexity index is 887. The fourth-order valence-electron chi connectivity index (χ4n) is 5.83. The average Bonchev–Trinajstić information content (AvgIpc) is 3.01. The molecule has 4 nitrogen and oxygen atoms in total. The maximum atomic E-state index is 11.5. The molecule has 28 heavy (non-hydrogen) atoms. The molecule has 3 rings (SSSR count). The molecule has 2 aromatic rings. The quantitative estimate of drug-likeness (QED) is 0.287. The van der Waals surface area contributed by atoms with Gasteiger partial charge in [0.15, 0.2) is 8.24 Å². The molecule has 0 radical (unpaired) electrons. The SMILES string of the molecule is CC(C)[Si](C(C)C)(C(C)C)n1cc(C2=CCCCC2)c2cc([N+](=O)[O-])ccc21. The number of rotatable bonds is 6. The first-order chi connectivity index (χ1) is 13.2. The van der Waals surface area contributed by atoms with Gasteiger partial charge < -0.3 is 4.23 Å². The fourth-order valence-corrected chi connectivity index (χ4v) is 12.5. The molecule has 0 atom stereocenters. The first-order valence-electron chi connectivity index (χ1n) is 10.7. The largest absolute Gasteiger partial charge is 0.373 e. The van der Waals surface area contributed by atoms with Gasteiger partial charge in [0.1, 0.15) is 0 Å². The molecule has 0 amide bonds. The number of nitro groups is 1. The second kappa shape index (κ2) is 7.86. The highest BCUT2D eigenvalue weighted by Gasteiger charge is 2.46. The summed E-state index contributed by atoms with van der Waals surface area (Å²) in [4.78, 5) is 11.2. The van der Waals surface area contributed by atoms with Gasteiger partial charge in [0.25, 0.3) is 5.69 Å². The molecule has 0 fully saturated rings. The second-order valence-electron chi connectivity index (χ2n) is 9.20. The number of hydrogen-bond donors (Lipinski definition) is 0. The first kappa shape index (κ1) is 20.8. The molecule has 1 aromatic heterocycles. The molecule has 5 heteroatoms. The molecule has 0 N–H and O–H groups in total.